The first-order chi connectivity index (χ1) is 17.0. The number of carbonyl (C=O) groups is 3. The van der Waals surface area contributed by atoms with Crippen molar-refractivity contribution >= 4 is 34.2 Å². The Morgan fingerprint density at radius 3 is 2.34 bits per heavy atom. The minimum absolute atomic E-state index is 0.0355. The van der Waals surface area contributed by atoms with Crippen molar-refractivity contribution in [2.24, 2.45) is 0 Å². The summed E-state index contributed by atoms with van der Waals surface area (Å²) in [6.45, 7) is 3.50. The van der Waals surface area contributed by atoms with E-state index in [4.69, 9.17) is 0 Å². The zero-order valence-corrected chi connectivity index (χ0v) is 20.0. The molecule has 1 fully saturated rings. The zero-order chi connectivity index (χ0) is 24.6. The molecule has 3 amide bonds. The maximum absolute atomic E-state index is 12.7. The summed E-state index contributed by atoms with van der Waals surface area (Å²) in [7, 11) is 0. The summed E-state index contributed by atoms with van der Waals surface area (Å²) in [5.41, 5.74) is 1.73. The molecule has 1 saturated heterocycles. The molecule has 0 aromatic heterocycles. The molecule has 0 bridgehead atoms. The van der Waals surface area contributed by atoms with Gasteiger partial charge in [0.2, 0.25) is 17.7 Å². The van der Waals surface area contributed by atoms with Crippen molar-refractivity contribution in [3.63, 3.8) is 0 Å². The number of hydrogen-bond donors (Lipinski definition) is 3. The molecule has 7 nitrogen and oxygen atoms in total. The predicted molar refractivity (Wildman–Crippen MR) is 138 cm³/mol. The van der Waals surface area contributed by atoms with E-state index in [0.29, 0.717) is 6.54 Å². The van der Waals surface area contributed by atoms with Crippen molar-refractivity contribution < 1.29 is 14.4 Å². The van der Waals surface area contributed by atoms with E-state index in [2.05, 4.69) is 20.9 Å². The van der Waals surface area contributed by atoms with Gasteiger partial charge < -0.3 is 16.0 Å². The van der Waals surface area contributed by atoms with Gasteiger partial charge in [-0.15, -0.1) is 0 Å². The second-order valence-corrected chi connectivity index (χ2v) is 9.08. The number of likely N-dealkylation sites (tertiary alicyclic amines) is 1. The molecule has 1 aliphatic rings. The summed E-state index contributed by atoms with van der Waals surface area (Å²) < 4.78 is 0. The van der Waals surface area contributed by atoms with Gasteiger partial charge in [0.15, 0.2) is 0 Å². The molecular formula is C28H32N4O3. The summed E-state index contributed by atoms with van der Waals surface area (Å²) in [5, 5.41) is 10.9. The standard InChI is InChI=1S/C28H32N4O3/c1-20(29-26(33)18-22-10-7-9-21-8-5-6-13-25(21)22)28(35)31-24-14-16-32(17-15-24)19-27(34)30-23-11-3-2-4-12-23/h2-13,20,24H,14-19H2,1H3,(H,29,33)(H,30,34)(H,31,35). The van der Waals surface area contributed by atoms with Crippen LogP contribution in [0.4, 0.5) is 5.69 Å². The molecule has 4 rings (SSSR count). The Morgan fingerprint density at radius 2 is 1.57 bits per heavy atom. The van der Waals surface area contributed by atoms with Crippen LogP contribution in [0.3, 0.4) is 0 Å². The number of piperidine rings is 1. The molecule has 1 heterocycles. The van der Waals surface area contributed by atoms with Crippen LogP contribution in [0.5, 0.6) is 0 Å². The second kappa shape index (κ2) is 11.6. The average Bonchev–Trinajstić information content (AvgIpc) is 2.86. The molecule has 1 unspecified atom stereocenters. The number of nitrogens with zero attached hydrogens (tertiary/aromatic N) is 1. The van der Waals surface area contributed by atoms with Crippen molar-refractivity contribution in [1.82, 2.24) is 15.5 Å². The van der Waals surface area contributed by atoms with E-state index in [0.717, 1.165) is 48.0 Å². The van der Waals surface area contributed by atoms with Crippen LogP contribution in [0.1, 0.15) is 25.3 Å². The Balaban J connectivity index is 1.19. The second-order valence-electron chi connectivity index (χ2n) is 9.08. The van der Waals surface area contributed by atoms with Gasteiger partial charge in [0.05, 0.1) is 13.0 Å². The molecule has 182 valence electrons. The van der Waals surface area contributed by atoms with Gasteiger partial charge in [-0.3, -0.25) is 19.3 Å². The minimum atomic E-state index is -0.618. The van der Waals surface area contributed by atoms with E-state index < -0.39 is 6.04 Å². The highest BCUT2D eigenvalue weighted by atomic mass is 16.2. The van der Waals surface area contributed by atoms with Crippen LogP contribution in [0.15, 0.2) is 72.8 Å². The Hall–Kier alpha value is -3.71. The largest absolute Gasteiger partial charge is 0.351 e. The SMILES string of the molecule is CC(NC(=O)Cc1cccc2ccccc12)C(=O)NC1CCN(CC(=O)Nc2ccccc2)CC1. The highest BCUT2D eigenvalue weighted by molar-refractivity contribution is 5.93. The van der Waals surface area contributed by atoms with Gasteiger partial charge in [0.25, 0.3) is 0 Å². The number of amides is 3. The molecule has 0 aliphatic carbocycles. The fourth-order valence-electron chi connectivity index (χ4n) is 4.46. The lowest BCUT2D eigenvalue weighted by molar-refractivity contribution is -0.129. The van der Waals surface area contributed by atoms with Crippen LogP contribution < -0.4 is 16.0 Å². The number of hydrogen-bond acceptors (Lipinski definition) is 4. The molecule has 1 aliphatic heterocycles. The Labute approximate surface area is 205 Å². The lowest BCUT2D eigenvalue weighted by atomic mass is 10.0. The van der Waals surface area contributed by atoms with Crippen LogP contribution in [0.2, 0.25) is 0 Å². The first-order valence-corrected chi connectivity index (χ1v) is 12.1. The Bertz CT molecular complexity index is 1170. The van der Waals surface area contributed by atoms with Gasteiger partial charge in [-0.2, -0.15) is 0 Å². The van der Waals surface area contributed by atoms with Crippen LogP contribution in [-0.4, -0.2) is 54.3 Å². The summed E-state index contributed by atoms with van der Waals surface area (Å²) in [4.78, 5) is 39.6. The highest BCUT2D eigenvalue weighted by Crippen LogP contribution is 2.19. The quantitative estimate of drug-likeness (QED) is 0.470. The summed E-state index contributed by atoms with van der Waals surface area (Å²) >= 11 is 0. The van der Waals surface area contributed by atoms with Crippen molar-refractivity contribution in [2.75, 3.05) is 25.0 Å². The third-order valence-electron chi connectivity index (χ3n) is 6.36. The lowest BCUT2D eigenvalue weighted by Crippen LogP contribution is -2.51. The van der Waals surface area contributed by atoms with E-state index in [1.165, 1.54) is 0 Å². The van der Waals surface area contributed by atoms with Crippen molar-refractivity contribution in [3.8, 4) is 0 Å². The van der Waals surface area contributed by atoms with Gasteiger partial charge in [0.1, 0.15) is 6.04 Å². The Kier molecular flexibility index (Phi) is 8.11. The van der Waals surface area contributed by atoms with Gasteiger partial charge in [0, 0.05) is 24.8 Å². The van der Waals surface area contributed by atoms with Crippen LogP contribution in [0.25, 0.3) is 10.8 Å². The van der Waals surface area contributed by atoms with Gasteiger partial charge in [-0.25, -0.2) is 0 Å². The molecule has 3 aromatic carbocycles. The maximum Gasteiger partial charge on any atom is 0.242 e. The lowest BCUT2D eigenvalue weighted by Gasteiger charge is -2.32. The normalized spacial score (nSPS) is 15.3. The van der Waals surface area contributed by atoms with Crippen LogP contribution in [-0.2, 0) is 20.8 Å². The molecule has 7 heteroatoms. The molecule has 0 spiro atoms. The summed E-state index contributed by atoms with van der Waals surface area (Å²) in [6.07, 6.45) is 1.75. The number of carbonyl (C=O) groups excluding carboxylic acids is 3. The summed E-state index contributed by atoms with van der Waals surface area (Å²) in [6, 6.07) is 22.7. The zero-order valence-electron chi connectivity index (χ0n) is 20.0. The number of nitrogens with one attached hydrogen (secondary N) is 3. The third kappa shape index (κ3) is 6.90. The van der Waals surface area contributed by atoms with E-state index in [1.807, 2.05) is 72.8 Å². The van der Waals surface area contributed by atoms with E-state index in [1.54, 1.807) is 6.92 Å². The number of fused-ring (bicyclic) bond motifs is 1. The van der Waals surface area contributed by atoms with Crippen molar-refractivity contribution in [1.29, 1.82) is 0 Å². The molecule has 3 aromatic rings. The summed E-state index contributed by atoms with van der Waals surface area (Å²) in [5.74, 6) is -0.402. The van der Waals surface area contributed by atoms with E-state index in [9.17, 15) is 14.4 Å². The van der Waals surface area contributed by atoms with Crippen LogP contribution >= 0.6 is 0 Å². The third-order valence-corrected chi connectivity index (χ3v) is 6.36. The first-order valence-electron chi connectivity index (χ1n) is 12.1. The number of rotatable bonds is 8. The smallest absolute Gasteiger partial charge is 0.242 e. The number of anilines is 1. The van der Waals surface area contributed by atoms with Crippen molar-refractivity contribution in [2.45, 2.75) is 38.3 Å². The monoisotopic (exact) mass is 472 g/mol. The highest BCUT2D eigenvalue weighted by Gasteiger charge is 2.24. The topological polar surface area (TPSA) is 90.5 Å². The number of benzene rings is 3. The minimum Gasteiger partial charge on any atom is -0.351 e. The number of para-hydroxylation sites is 1. The van der Waals surface area contributed by atoms with E-state index >= 15 is 0 Å². The van der Waals surface area contributed by atoms with E-state index in [-0.39, 0.29) is 30.2 Å². The fraction of sp³-hybridized carbons (Fsp3) is 0.321. The van der Waals surface area contributed by atoms with Gasteiger partial charge in [-0.1, -0.05) is 60.7 Å². The van der Waals surface area contributed by atoms with Crippen LogP contribution in [0, 0.1) is 0 Å². The van der Waals surface area contributed by atoms with Crippen molar-refractivity contribution in [3.05, 3.63) is 78.4 Å². The molecule has 0 saturated carbocycles. The molecule has 35 heavy (non-hydrogen) atoms. The molecular weight excluding hydrogens is 440 g/mol. The fourth-order valence-corrected chi connectivity index (χ4v) is 4.46. The van der Waals surface area contributed by atoms with Gasteiger partial charge in [-0.05, 0) is 48.2 Å². The average molecular weight is 473 g/mol. The first kappa shape index (κ1) is 24.4. The molecule has 3 N–H and O–H groups in total. The molecule has 1 atom stereocenters. The predicted octanol–water partition coefficient (Wildman–Crippen LogP) is 3.11. The molecule has 0 radical (unpaired) electrons. The van der Waals surface area contributed by atoms with Gasteiger partial charge >= 0.3 is 0 Å². The maximum atomic E-state index is 12.7. The Morgan fingerprint density at radius 1 is 0.886 bits per heavy atom.